The smallest absolute Gasteiger partial charge is 0.0644 e. The van der Waals surface area contributed by atoms with E-state index in [9.17, 15) is 0 Å². The maximum Gasteiger partial charge on any atom is 0.0644 e. The lowest BCUT2D eigenvalue weighted by molar-refractivity contribution is 1.17. The highest BCUT2D eigenvalue weighted by Crippen LogP contribution is 2.30. The van der Waals surface area contributed by atoms with E-state index in [0.717, 1.165) is 0 Å². The first-order valence-electron chi connectivity index (χ1n) is 5.23. The summed E-state index contributed by atoms with van der Waals surface area (Å²) in [4.78, 5) is 0.277. The van der Waals surface area contributed by atoms with Gasteiger partial charge in [0.2, 0.25) is 0 Å². The van der Waals surface area contributed by atoms with Crippen LogP contribution in [0.2, 0.25) is 0 Å². The van der Waals surface area contributed by atoms with Gasteiger partial charge in [-0.3, -0.25) is 0 Å². The third kappa shape index (κ3) is 2.72. The van der Waals surface area contributed by atoms with Gasteiger partial charge < -0.3 is 0 Å². The van der Waals surface area contributed by atoms with Crippen molar-refractivity contribution in [1.82, 2.24) is 0 Å². The first-order chi connectivity index (χ1) is 7.66. The number of aryl methyl sites for hydroxylation is 1. The number of hydrogen-bond donors (Lipinski definition) is 0. The minimum atomic E-state index is 0.277. The largest absolute Gasteiger partial charge is 0.106 e. The average Bonchev–Trinajstić information content (AvgIpc) is 2.30. The highest BCUT2D eigenvalue weighted by Gasteiger charge is 2.09. The van der Waals surface area contributed by atoms with Crippen LogP contribution in [0, 0.1) is 6.92 Å². The van der Waals surface area contributed by atoms with E-state index in [4.69, 9.17) is 0 Å². The number of alkyl halides is 1. The van der Waals surface area contributed by atoms with Gasteiger partial charge in [0.1, 0.15) is 0 Å². The summed E-state index contributed by atoms with van der Waals surface area (Å²) in [6, 6.07) is 17.2. The second kappa shape index (κ2) is 5.12. The van der Waals surface area contributed by atoms with E-state index in [2.05, 4.69) is 80.6 Å². The van der Waals surface area contributed by atoms with Crippen molar-refractivity contribution < 1.29 is 0 Å². The van der Waals surface area contributed by atoms with Crippen molar-refractivity contribution in [3.8, 4) is 0 Å². The summed E-state index contributed by atoms with van der Waals surface area (Å²) in [6.45, 7) is 2.11. The molecule has 2 rings (SSSR count). The van der Waals surface area contributed by atoms with Gasteiger partial charge in [-0.05, 0) is 23.4 Å². The van der Waals surface area contributed by atoms with Gasteiger partial charge in [0, 0.05) is 0 Å². The third-order valence-corrected chi connectivity index (χ3v) is 4.04. The second-order valence-electron chi connectivity index (χ2n) is 3.94. The van der Waals surface area contributed by atoms with Crippen LogP contribution in [0.4, 0.5) is 0 Å². The lowest BCUT2D eigenvalue weighted by atomic mass is 10.0. The van der Waals surface area contributed by atoms with Gasteiger partial charge in [0.25, 0.3) is 0 Å². The Balaban J connectivity index is 2.28. The fraction of sp³-hybridized carbons (Fsp3) is 0.143. The summed E-state index contributed by atoms with van der Waals surface area (Å²) >= 11 is 3.74. The maximum absolute atomic E-state index is 3.74. The van der Waals surface area contributed by atoms with Crippen molar-refractivity contribution in [1.29, 1.82) is 0 Å². The van der Waals surface area contributed by atoms with Crippen molar-refractivity contribution >= 4 is 30.5 Å². The lowest BCUT2D eigenvalue weighted by Crippen LogP contribution is -1.95. The number of halogens is 1. The molecule has 0 saturated carbocycles. The van der Waals surface area contributed by atoms with Gasteiger partial charge in [0.15, 0.2) is 0 Å². The van der Waals surface area contributed by atoms with Crippen LogP contribution in [-0.2, 0) is 0 Å². The van der Waals surface area contributed by atoms with Crippen LogP contribution >= 0.6 is 25.2 Å². The zero-order valence-electron chi connectivity index (χ0n) is 9.15. The maximum atomic E-state index is 3.74. The van der Waals surface area contributed by atoms with Crippen LogP contribution in [-0.4, -0.2) is 0 Å². The molecule has 0 amide bonds. The van der Waals surface area contributed by atoms with Crippen molar-refractivity contribution in [2.45, 2.75) is 11.8 Å². The Morgan fingerprint density at radius 3 is 1.81 bits per heavy atom. The first-order valence-corrected chi connectivity index (χ1v) is 6.72. The van der Waals surface area contributed by atoms with E-state index in [-0.39, 0.29) is 4.83 Å². The minimum Gasteiger partial charge on any atom is -0.106 e. The summed E-state index contributed by atoms with van der Waals surface area (Å²) in [7, 11) is 2.70. The Bertz CT molecular complexity index is 414. The average molecular weight is 293 g/mol. The van der Waals surface area contributed by atoms with Gasteiger partial charge in [-0.25, -0.2) is 0 Å². The van der Waals surface area contributed by atoms with Gasteiger partial charge in [-0.2, -0.15) is 0 Å². The Labute approximate surface area is 107 Å². The molecule has 0 aromatic heterocycles. The zero-order chi connectivity index (χ0) is 11.5. The molecule has 0 saturated heterocycles. The highest BCUT2D eigenvalue weighted by molar-refractivity contribution is 9.09. The predicted octanol–water partition coefficient (Wildman–Crippen LogP) is 3.98. The van der Waals surface area contributed by atoms with Crippen LogP contribution in [0.5, 0.6) is 0 Å². The topological polar surface area (TPSA) is 0 Å². The highest BCUT2D eigenvalue weighted by atomic mass is 79.9. The van der Waals surface area contributed by atoms with Crippen LogP contribution in [0.1, 0.15) is 21.5 Å². The molecule has 0 radical (unpaired) electrons. The van der Waals surface area contributed by atoms with E-state index < -0.39 is 0 Å². The molecule has 2 aromatic rings. The quantitative estimate of drug-likeness (QED) is 0.580. The molecular formula is C14H14BrP. The molecular weight excluding hydrogens is 279 g/mol. The summed E-state index contributed by atoms with van der Waals surface area (Å²) in [5.74, 6) is 0. The molecule has 0 nitrogen and oxygen atoms in total. The van der Waals surface area contributed by atoms with Crippen molar-refractivity contribution in [2.24, 2.45) is 0 Å². The Hall–Kier alpha value is -0.650. The second-order valence-corrected chi connectivity index (χ2v) is 5.52. The molecule has 2 atom stereocenters. The molecule has 2 heteroatoms. The molecule has 2 unspecified atom stereocenters. The Morgan fingerprint density at radius 1 is 0.875 bits per heavy atom. The van der Waals surface area contributed by atoms with Crippen molar-refractivity contribution in [2.75, 3.05) is 0 Å². The zero-order valence-corrected chi connectivity index (χ0v) is 11.9. The number of rotatable bonds is 2. The molecule has 0 N–H and O–H groups in total. The normalized spacial score (nSPS) is 12.4. The van der Waals surface area contributed by atoms with E-state index in [1.807, 2.05) is 0 Å². The number of benzene rings is 2. The fourth-order valence-electron chi connectivity index (χ4n) is 1.59. The summed E-state index contributed by atoms with van der Waals surface area (Å²) in [5.41, 5.74) is 3.88. The fourth-order valence-corrected chi connectivity index (χ4v) is 2.40. The SMILES string of the molecule is Cc1ccc(C(Br)c2ccc(P)cc2)cc1. The van der Waals surface area contributed by atoms with Gasteiger partial charge >= 0.3 is 0 Å². The van der Waals surface area contributed by atoms with Crippen LogP contribution in [0.3, 0.4) is 0 Å². The molecule has 16 heavy (non-hydrogen) atoms. The minimum absolute atomic E-state index is 0.277. The first kappa shape index (κ1) is 11.8. The van der Waals surface area contributed by atoms with Crippen molar-refractivity contribution in [3.05, 3.63) is 65.2 Å². The van der Waals surface area contributed by atoms with E-state index in [1.165, 1.54) is 22.0 Å². The Kier molecular flexibility index (Phi) is 3.78. The molecule has 82 valence electrons. The lowest BCUT2D eigenvalue weighted by Gasteiger charge is -2.11. The molecule has 0 aliphatic rings. The van der Waals surface area contributed by atoms with Gasteiger partial charge in [0.05, 0.1) is 4.83 Å². The van der Waals surface area contributed by atoms with E-state index in [0.29, 0.717) is 0 Å². The van der Waals surface area contributed by atoms with Gasteiger partial charge in [-0.15, -0.1) is 9.24 Å². The molecule has 0 bridgehead atoms. The molecule has 0 heterocycles. The van der Waals surface area contributed by atoms with Crippen LogP contribution in [0.25, 0.3) is 0 Å². The molecule has 2 aromatic carbocycles. The van der Waals surface area contributed by atoms with E-state index >= 15 is 0 Å². The molecule has 0 spiro atoms. The molecule has 0 aliphatic heterocycles. The monoisotopic (exact) mass is 292 g/mol. The Morgan fingerprint density at radius 2 is 1.31 bits per heavy atom. The standard InChI is InChI=1S/C14H14BrP/c1-10-2-4-11(5-3-10)14(15)12-6-8-13(16)9-7-12/h2-9,14H,16H2,1H3. The summed E-state index contributed by atoms with van der Waals surface area (Å²) < 4.78 is 0. The number of hydrogen-bond acceptors (Lipinski definition) is 0. The molecule has 0 fully saturated rings. The van der Waals surface area contributed by atoms with Crippen LogP contribution in [0.15, 0.2) is 48.5 Å². The van der Waals surface area contributed by atoms with Gasteiger partial charge in [-0.1, -0.05) is 70.0 Å². The summed E-state index contributed by atoms with van der Waals surface area (Å²) in [6.07, 6.45) is 0. The summed E-state index contributed by atoms with van der Waals surface area (Å²) in [5, 5.41) is 1.22. The van der Waals surface area contributed by atoms with Crippen molar-refractivity contribution in [3.63, 3.8) is 0 Å². The molecule has 0 aliphatic carbocycles. The predicted molar refractivity (Wildman–Crippen MR) is 77.7 cm³/mol. The third-order valence-electron chi connectivity index (χ3n) is 2.60. The van der Waals surface area contributed by atoms with Crippen LogP contribution < -0.4 is 5.30 Å². The van der Waals surface area contributed by atoms with E-state index in [1.54, 1.807) is 0 Å².